The zero-order chi connectivity index (χ0) is 26.7. The third-order valence-electron chi connectivity index (χ3n) is 6.49. The molecule has 3 atom stereocenters. The fourth-order valence-corrected chi connectivity index (χ4v) is 4.87. The summed E-state index contributed by atoms with van der Waals surface area (Å²) < 4.78 is 88.7. The molecule has 198 valence electrons. The Labute approximate surface area is 207 Å². The second kappa shape index (κ2) is 11.2. The number of halogens is 6. The van der Waals surface area contributed by atoms with Crippen molar-refractivity contribution >= 4 is 5.97 Å². The van der Waals surface area contributed by atoms with Gasteiger partial charge in [0.15, 0.2) is 0 Å². The van der Waals surface area contributed by atoms with E-state index < -0.39 is 41.8 Å². The van der Waals surface area contributed by atoms with E-state index in [4.69, 9.17) is 4.74 Å². The van der Waals surface area contributed by atoms with Gasteiger partial charge in [-0.1, -0.05) is 50.2 Å². The highest BCUT2D eigenvalue weighted by Gasteiger charge is 2.45. The van der Waals surface area contributed by atoms with E-state index in [1.807, 2.05) is 13.8 Å². The van der Waals surface area contributed by atoms with Gasteiger partial charge in [-0.2, -0.15) is 26.3 Å². The maximum Gasteiger partial charge on any atom is 0.416 e. The van der Waals surface area contributed by atoms with E-state index in [1.54, 1.807) is 37.3 Å². The van der Waals surface area contributed by atoms with Crippen LogP contribution in [-0.4, -0.2) is 31.3 Å². The van der Waals surface area contributed by atoms with Crippen molar-refractivity contribution in [3.05, 3.63) is 59.2 Å². The average molecular weight is 516 g/mol. The number of carbonyl (C=O) groups is 1. The van der Waals surface area contributed by atoms with Crippen LogP contribution in [-0.2, 0) is 15.7 Å². The molecule has 1 saturated heterocycles. The highest BCUT2D eigenvalue weighted by atomic mass is 19.4. The van der Waals surface area contributed by atoms with Gasteiger partial charge in [0.25, 0.3) is 0 Å². The maximum atomic E-state index is 14.7. The summed E-state index contributed by atoms with van der Waals surface area (Å²) in [6.07, 6.45) is -9.54. The van der Waals surface area contributed by atoms with Crippen molar-refractivity contribution in [3.8, 4) is 11.1 Å². The summed E-state index contributed by atoms with van der Waals surface area (Å²) in [7, 11) is 0. The number of carbonyl (C=O) groups excluding carboxylic acids is 1. The van der Waals surface area contributed by atoms with Gasteiger partial charge in [-0.15, -0.1) is 0 Å². The van der Waals surface area contributed by atoms with Crippen molar-refractivity contribution in [2.24, 2.45) is 5.92 Å². The lowest BCUT2D eigenvalue weighted by Crippen LogP contribution is -2.47. The Morgan fingerprint density at radius 2 is 1.69 bits per heavy atom. The molecule has 9 heteroatoms. The molecule has 0 spiro atoms. The number of hydrogen-bond donors (Lipinski definition) is 1. The van der Waals surface area contributed by atoms with Gasteiger partial charge < -0.3 is 10.1 Å². The predicted octanol–water partition coefficient (Wildman–Crippen LogP) is 7.46. The SMILES string of the molecule is CCOC(=O)C(CC(C)C)c1cc(-c2ccccc2)cc(C2CCC(C(F)(F)F)NC2)c1C(F)(F)F. The van der Waals surface area contributed by atoms with E-state index >= 15 is 0 Å². The quantitative estimate of drug-likeness (QED) is 0.307. The monoisotopic (exact) mass is 515 g/mol. The van der Waals surface area contributed by atoms with Crippen LogP contribution in [0.4, 0.5) is 26.3 Å². The number of nitrogens with one attached hydrogen (secondary N) is 1. The molecule has 0 amide bonds. The van der Waals surface area contributed by atoms with Crippen molar-refractivity contribution < 1.29 is 35.9 Å². The van der Waals surface area contributed by atoms with Gasteiger partial charge in [-0.05, 0) is 66.3 Å². The molecule has 1 N–H and O–H groups in total. The number of piperidine rings is 1. The van der Waals surface area contributed by atoms with Gasteiger partial charge in [-0.25, -0.2) is 0 Å². The molecule has 0 aliphatic carbocycles. The van der Waals surface area contributed by atoms with Crippen LogP contribution in [0.5, 0.6) is 0 Å². The molecule has 1 aliphatic heterocycles. The lowest BCUT2D eigenvalue weighted by molar-refractivity contribution is -0.161. The van der Waals surface area contributed by atoms with E-state index in [0.29, 0.717) is 11.1 Å². The number of alkyl halides is 6. The second-order valence-electron chi connectivity index (χ2n) is 9.60. The molecule has 1 heterocycles. The van der Waals surface area contributed by atoms with Crippen molar-refractivity contribution in [2.75, 3.05) is 13.2 Å². The Bertz CT molecular complexity index is 1030. The fraction of sp³-hybridized carbons (Fsp3) is 0.519. The van der Waals surface area contributed by atoms with Crippen LogP contribution in [0.15, 0.2) is 42.5 Å². The van der Waals surface area contributed by atoms with Gasteiger partial charge in [0.2, 0.25) is 0 Å². The van der Waals surface area contributed by atoms with Crippen LogP contribution in [0.1, 0.15) is 68.6 Å². The zero-order valence-electron chi connectivity index (χ0n) is 20.5. The van der Waals surface area contributed by atoms with Crippen LogP contribution in [0.3, 0.4) is 0 Å². The number of hydrogen-bond acceptors (Lipinski definition) is 3. The van der Waals surface area contributed by atoms with Crippen molar-refractivity contribution in [1.82, 2.24) is 5.32 Å². The first-order valence-electron chi connectivity index (χ1n) is 12.1. The Kier molecular flexibility index (Phi) is 8.75. The molecular formula is C27H31F6NO2. The lowest BCUT2D eigenvalue weighted by atomic mass is 9.78. The van der Waals surface area contributed by atoms with Gasteiger partial charge in [0.1, 0.15) is 6.04 Å². The van der Waals surface area contributed by atoms with E-state index in [0.717, 1.165) is 0 Å². The molecule has 0 radical (unpaired) electrons. The van der Waals surface area contributed by atoms with Crippen molar-refractivity contribution in [3.63, 3.8) is 0 Å². The number of rotatable bonds is 7. The number of benzene rings is 2. The third kappa shape index (κ3) is 6.60. The number of esters is 1. The molecule has 2 aromatic rings. The number of ether oxygens (including phenoxy) is 1. The first kappa shape index (κ1) is 28.0. The summed E-state index contributed by atoms with van der Waals surface area (Å²) >= 11 is 0. The minimum atomic E-state index is -4.82. The van der Waals surface area contributed by atoms with Gasteiger partial charge in [0.05, 0.1) is 18.1 Å². The largest absolute Gasteiger partial charge is 0.466 e. The zero-order valence-corrected chi connectivity index (χ0v) is 20.5. The molecule has 1 aliphatic rings. The van der Waals surface area contributed by atoms with Crippen LogP contribution >= 0.6 is 0 Å². The maximum absolute atomic E-state index is 14.7. The molecule has 0 bridgehead atoms. The highest BCUT2D eigenvalue weighted by molar-refractivity contribution is 5.80. The Morgan fingerprint density at radius 1 is 1.03 bits per heavy atom. The summed E-state index contributed by atoms with van der Waals surface area (Å²) in [6, 6.07) is 9.82. The van der Waals surface area contributed by atoms with E-state index in [1.165, 1.54) is 12.1 Å². The Hall–Kier alpha value is -2.55. The summed E-state index contributed by atoms with van der Waals surface area (Å²) in [5.41, 5.74) is -0.102. The third-order valence-corrected chi connectivity index (χ3v) is 6.49. The van der Waals surface area contributed by atoms with Gasteiger partial charge in [-0.3, -0.25) is 4.79 Å². The minimum absolute atomic E-state index is 0.0192. The molecule has 2 aromatic carbocycles. The normalized spacial score (nSPS) is 19.8. The predicted molar refractivity (Wildman–Crippen MR) is 126 cm³/mol. The molecule has 36 heavy (non-hydrogen) atoms. The van der Waals surface area contributed by atoms with Crippen LogP contribution in [0.25, 0.3) is 11.1 Å². The molecular weight excluding hydrogens is 484 g/mol. The van der Waals surface area contributed by atoms with E-state index in [2.05, 4.69) is 5.32 Å². The smallest absolute Gasteiger partial charge is 0.416 e. The summed E-state index contributed by atoms with van der Waals surface area (Å²) in [5.74, 6) is -2.81. The topological polar surface area (TPSA) is 38.3 Å². The fourth-order valence-electron chi connectivity index (χ4n) is 4.87. The Balaban J connectivity index is 2.23. The average Bonchev–Trinajstić information content (AvgIpc) is 2.81. The molecule has 3 rings (SSSR count). The first-order chi connectivity index (χ1) is 16.8. The van der Waals surface area contributed by atoms with E-state index in [-0.39, 0.29) is 49.5 Å². The van der Waals surface area contributed by atoms with Crippen LogP contribution in [0.2, 0.25) is 0 Å². The molecule has 1 fully saturated rings. The lowest BCUT2D eigenvalue weighted by Gasteiger charge is -2.34. The minimum Gasteiger partial charge on any atom is -0.466 e. The molecule has 0 aromatic heterocycles. The van der Waals surface area contributed by atoms with Crippen molar-refractivity contribution in [1.29, 1.82) is 0 Å². The molecule has 0 saturated carbocycles. The van der Waals surface area contributed by atoms with Crippen molar-refractivity contribution in [2.45, 2.75) is 70.3 Å². The van der Waals surface area contributed by atoms with E-state index in [9.17, 15) is 31.1 Å². The summed E-state index contributed by atoms with van der Waals surface area (Å²) in [5, 5.41) is 2.39. The molecule has 3 unspecified atom stereocenters. The van der Waals surface area contributed by atoms with Gasteiger partial charge in [0, 0.05) is 6.54 Å². The van der Waals surface area contributed by atoms with Gasteiger partial charge >= 0.3 is 18.3 Å². The summed E-state index contributed by atoms with van der Waals surface area (Å²) in [4.78, 5) is 12.9. The second-order valence-corrected chi connectivity index (χ2v) is 9.60. The Morgan fingerprint density at radius 3 is 2.19 bits per heavy atom. The molecule has 3 nitrogen and oxygen atoms in total. The van der Waals surface area contributed by atoms with Crippen LogP contribution < -0.4 is 5.32 Å². The highest BCUT2D eigenvalue weighted by Crippen LogP contribution is 2.46. The summed E-state index contributed by atoms with van der Waals surface area (Å²) in [6.45, 7) is 4.98. The standard InChI is InChI=1S/C27H31F6NO2/c1-4-36-25(35)22(12-16(2)3)21-14-19(17-8-6-5-7-9-17)13-20(24(21)27(31,32)33)18-10-11-23(34-15-18)26(28,29)30/h5-9,13-14,16,18,22-23,34H,4,10-12,15H2,1-3H3. The first-order valence-corrected chi connectivity index (χ1v) is 12.1. The van der Waals surface area contributed by atoms with Crippen LogP contribution in [0, 0.1) is 5.92 Å².